The Kier molecular flexibility index (Phi) is 4.13. The van der Waals surface area contributed by atoms with Gasteiger partial charge in [-0.15, -0.1) is 0 Å². The van der Waals surface area contributed by atoms with Crippen molar-refractivity contribution < 1.29 is 4.74 Å². The largest absolute Gasteiger partial charge is 0.493 e. The van der Waals surface area contributed by atoms with E-state index in [9.17, 15) is 0 Å². The van der Waals surface area contributed by atoms with Crippen molar-refractivity contribution in [2.24, 2.45) is 5.92 Å². The van der Waals surface area contributed by atoms with E-state index in [0.717, 1.165) is 42.5 Å². The number of likely N-dealkylation sites (N-methyl/N-ethyl adjacent to an activating group) is 1. The molecule has 3 heteroatoms. The van der Waals surface area contributed by atoms with Gasteiger partial charge in [0, 0.05) is 24.3 Å². The van der Waals surface area contributed by atoms with Crippen molar-refractivity contribution in [2.75, 3.05) is 26.7 Å². The van der Waals surface area contributed by atoms with Crippen molar-refractivity contribution in [2.45, 2.75) is 30.5 Å². The number of benzene rings is 1. The van der Waals surface area contributed by atoms with E-state index in [4.69, 9.17) is 4.74 Å². The summed E-state index contributed by atoms with van der Waals surface area (Å²) in [6, 6.07) is 6.68. The predicted molar refractivity (Wildman–Crippen MR) is 82.3 cm³/mol. The summed E-state index contributed by atoms with van der Waals surface area (Å²) in [4.78, 5) is 3.26. The van der Waals surface area contributed by atoms with Crippen LogP contribution in [0.1, 0.15) is 24.0 Å². The van der Waals surface area contributed by atoms with Gasteiger partial charge >= 0.3 is 0 Å². The van der Waals surface area contributed by atoms with Crippen molar-refractivity contribution in [3.63, 3.8) is 0 Å². The number of ether oxygens (including phenoxy) is 1. The van der Waals surface area contributed by atoms with E-state index in [2.05, 4.69) is 46.1 Å². The van der Waals surface area contributed by atoms with Gasteiger partial charge in [-0.05, 0) is 49.4 Å². The van der Waals surface area contributed by atoms with Crippen LogP contribution in [-0.4, -0.2) is 36.5 Å². The smallest absolute Gasteiger partial charge is 0.122 e. The molecule has 1 aliphatic carbocycles. The molecule has 19 heavy (non-hydrogen) atoms. The molecule has 3 rings (SSSR count). The SMILES string of the molecule is CN(CCc1ccc2c(c1)CCO2)CC1CC(Br)C1. The molecule has 0 amide bonds. The maximum Gasteiger partial charge on any atom is 0.122 e. The summed E-state index contributed by atoms with van der Waals surface area (Å²) in [6.45, 7) is 3.26. The molecular formula is C16H22BrNO. The average molecular weight is 324 g/mol. The molecule has 104 valence electrons. The lowest BCUT2D eigenvalue weighted by Gasteiger charge is -2.34. The highest BCUT2D eigenvalue weighted by Gasteiger charge is 2.27. The highest BCUT2D eigenvalue weighted by molar-refractivity contribution is 9.09. The van der Waals surface area contributed by atoms with E-state index in [1.807, 2.05) is 0 Å². The number of nitrogens with zero attached hydrogens (tertiary/aromatic N) is 1. The molecule has 0 saturated heterocycles. The molecule has 1 fully saturated rings. The number of fused-ring (bicyclic) bond motifs is 1. The number of hydrogen-bond donors (Lipinski definition) is 0. The molecule has 1 aromatic carbocycles. The minimum absolute atomic E-state index is 0.780. The van der Waals surface area contributed by atoms with Gasteiger partial charge in [-0.2, -0.15) is 0 Å². The number of rotatable bonds is 5. The Labute approximate surface area is 124 Å². The average Bonchev–Trinajstić information content (AvgIpc) is 2.81. The minimum Gasteiger partial charge on any atom is -0.493 e. The predicted octanol–water partition coefficient (Wildman–Crippen LogP) is 3.27. The summed E-state index contributed by atoms with van der Waals surface area (Å²) in [5, 5.41) is 0. The van der Waals surface area contributed by atoms with Crippen molar-refractivity contribution in [3.8, 4) is 5.75 Å². The van der Waals surface area contributed by atoms with Crippen LogP contribution in [0.2, 0.25) is 0 Å². The van der Waals surface area contributed by atoms with Crippen LogP contribution in [0.15, 0.2) is 18.2 Å². The van der Waals surface area contributed by atoms with Gasteiger partial charge in [0.1, 0.15) is 5.75 Å². The molecule has 0 radical (unpaired) electrons. The van der Waals surface area contributed by atoms with Crippen molar-refractivity contribution in [1.82, 2.24) is 4.90 Å². The first-order valence-electron chi connectivity index (χ1n) is 7.28. The molecule has 0 unspecified atom stereocenters. The molecule has 0 bridgehead atoms. The Balaban J connectivity index is 1.46. The van der Waals surface area contributed by atoms with Crippen molar-refractivity contribution in [1.29, 1.82) is 0 Å². The van der Waals surface area contributed by atoms with Gasteiger partial charge in [-0.25, -0.2) is 0 Å². The first kappa shape index (κ1) is 13.4. The van der Waals surface area contributed by atoms with Crippen LogP contribution in [0.3, 0.4) is 0 Å². The molecule has 0 spiro atoms. The maximum absolute atomic E-state index is 5.55. The third-order valence-corrected chi connectivity index (χ3v) is 5.03. The van der Waals surface area contributed by atoms with Crippen LogP contribution in [-0.2, 0) is 12.8 Å². The van der Waals surface area contributed by atoms with Crippen LogP contribution >= 0.6 is 15.9 Å². The van der Waals surface area contributed by atoms with E-state index in [1.165, 1.54) is 30.5 Å². The second-order valence-electron chi connectivity index (χ2n) is 5.99. The van der Waals surface area contributed by atoms with Crippen LogP contribution < -0.4 is 4.74 Å². The van der Waals surface area contributed by atoms with Gasteiger partial charge in [0.25, 0.3) is 0 Å². The summed E-state index contributed by atoms with van der Waals surface area (Å²) in [6.07, 6.45) is 4.92. The monoisotopic (exact) mass is 323 g/mol. The molecule has 2 nitrogen and oxygen atoms in total. The Morgan fingerprint density at radius 3 is 3.00 bits per heavy atom. The fraction of sp³-hybridized carbons (Fsp3) is 0.625. The van der Waals surface area contributed by atoms with Gasteiger partial charge in [-0.3, -0.25) is 0 Å². The summed E-state index contributed by atoms with van der Waals surface area (Å²) in [5.74, 6) is 2.00. The quantitative estimate of drug-likeness (QED) is 0.771. The lowest BCUT2D eigenvalue weighted by Crippen LogP contribution is -2.35. The zero-order chi connectivity index (χ0) is 13.2. The number of hydrogen-bond acceptors (Lipinski definition) is 2. The molecule has 2 aliphatic rings. The van der Waals surface area contributed by atoms with Gasteiger partial charge in [0.05, 0.1) is 6.61 Å². The second-order valence-corrected chi connectivity index (χ2v) is 7.28. The van der Waals surface area contributed by atoms with E-state index in [-0.39, 0.29) is 0 Å². The van der Waals surface area contributed by atoms with Gasteiger partial charge in [-0.1, -0.05) is 28.1 Å². The standard InChI is InChI=1S/C16H22BrNO/c1-18(11-13-9-15(17)10-13)6-4-12-2-3-16-14(8-12)5-7-19-16/h2-3,8,13,15H,4-7,9-11H2,1H3. The van der Waals surface area contributed by atoms with E-state index in [1.54, 1.807) is 0 Å². The number of alkyl halides is 1. The van der Waals surface area contributed by atoms with Crippen molar-refractivity contribution in [3.05, 3.63) is 29.3 Å². The Morgan fingerprint density at radius 2 is 2.21 bits per heavy atom. The third-order valence-electron chi connectivity index (χ3n) is 4.28. The summed E-state index contributed by atoms with van der Waals surface area (Å²) in [5.41, 5.74) is 2.84. The molecule has 0 atom stereocenters. The lowest BCUT2D eigenvalue weighted by molar-refractivity contribution is 0.215. The first-order chi connectivity index (χ1) is 9.20. The normalized spacial score (nSPS) is 25.0. The Morgan fingerprint density at radius 1 is 1.37 bits per heavy atom. The minimum atomic E-state index is 0.780. The van der Waals surface area contributed by atoms with Crippen LogP contribution in [0.25, 0.3) is 0 Å². The fourth-order valence-electron chi connectivity index (χ4n) is 3.05. The number of halogens is 1. The topological polar surface area (TPSA) is 12.5 Å². The van der Waals surface area contributed by atoms with Crippen LogP contribution in [0.4, 0.5) is 0 Å². The van der Waals surface area contributed by atoms with Crippen LogP contribution in [0, 0.1) is 5.92 Å². The molecule has 1 saturated carbocycles. The molecule has 1 aromatic rings. The van der Waals surface area contributed by atoms with E-state index >= 15 is 0 Å². The van der Waals surface area contributed by atoms with Gasteiger partial charge < -0.3 is 9.64 Å². The van der Waals surface area contributed by atoms with E-state index in [0.29, 0.717) is 0 Å². The molecule has 1 aliphatic heterocycles. The summed E-state index contributed by atoms with van der Waals surface area (Å²) >= 11 is 3.66. The van der Waals surface area contributed by atoms with Gasteiger partial charge in [0.15, 0.2) is 0 Å². The highest BCUT2D eigenvalue weighted by Crippen LogP contribution is 2.33. The third kappa shape index (κ3) is 3.32. The van der Waals surface area contributed by atoms with Crippen molar-refractivity contribution >= 4 is 15.9 Å². The molecular weight excluding hydrogens is 302 g/mol. The molecule has 0 aromatic heterocycles. The summed E-state index contributed by atoms with van der Waals surface area (Å²) < 4.78 is 5.55. The Bertz CT molecular complexity index is 442. The highest BCUT2D eigenvalue weighted by atomic mass is 79.9. The zero-order valence-corrected chi connectivity index (χ0v) is 13.2. The Hall–Kier alpha value is -0.540. The zero-order valence-electron chi connectivity index (χ0n) is 11.6. The van der Waals surface area contributed by atoms with E-state index < -0.39 is 0 Å². The first-order valence-corrected chi connectivity index (χ1v) is 8.19. The maximum atomic E-state index is 5.55. The summed E-state index contributed by atoms with van der Waals surface area (Å²) in [7, 11) is 2.25. The van der Waals surface area contributed by atoms with Crippen LogP contribution in [0.5, 0.6) is 5.75 Å². The van der Waals surface area contributed by atoms with Gasteiger partial charge in [0.2, 0.25) is 0 Å². The lowest BCUT2D eigenvalue weighted by atomic mass is 9.85. The fourth-order valence-corrected chi connectivity index (χ4v) is 4.11. The molecule has 1 heterocycles. The molecule has 0 N–H and O–H groups in total. The second kappa shape index (κ2) is 5.84.